The van der Waals surface area contributed by atoms with Crippen LogP contribution >= 0.6 is 0 Å². The van der Waals surface area contributed by atoms with E-state index in [9.17, 15) is 24.3 Å². The van der Waals surface area contributed by atoms with E-state index in [2.05, 4.69) is 5.32 Å². The Kier molecular flexibility index (Phi) is 8.87. The average Bonchev–Trinajstić information content (AvgIpc) is 2.62. The van der Waals surface area contributed by atoms with Gasteiger partial charge in [-0.1, -0.05) is 0 Å². The number of rotatable bonds is 5. The molecule has 1 rings (SSSR count). The van der Waals surface area contributed by atoms with Crippen molar-refractivity contribution in [2.24, 2.45) is 5.92 Å². The van der Waals surface area contributed by atoms with E-state index >= 15 is 0 Å². The Labute approximate surface area is 170 Å². The van der Waals surface area contributed by atoms with Crippen molar-refractivity contribution in [3.05, 3.63) is 0 Å². The number of carbonyl (C=O) groups is 4. The topological polar surface area (TPSA) is 137 Å². The van der Waals surface area contributed by atoms with Gasteiger partial charge in [0.05, 0.1) is 18.1 Å². The molecule has 0 aromatic heterocycles. The lowest BCUT2D eigenvalue weighted by Crippen LogP contribution is -2.54. The van der Waals surface area contributed by atoms with Crippen molar-refractivity contribution in [3.8, 4) is 0 Å². The second kappa shape index (κ2) is 10.4. The van der Waals surface area contributed by atoms with Gasteiger partial charge >= 0.3 is 24.0 Å². The summed E-state index contributed by atoms with van der Waals surface area (Å²) in [6.45, 7) is 8.40. The van der Waals surface area contributed by atoms with Crippen LogP contribution in [0.2, 0.25) is 0 Å². The SMILES string of the molecule is CC(=O)OC[C@H]1[C@H](OC(C)=O)[C@H](OC(C)=O)[C@@H](NC(=O)OC(C)(C)C)CC[C@H]1O. The highest BCUT2D eigenvalue weighted by Gasteiger charge is 2.46. The molecule has 0 saturated heterocycles. The number of ether oxygens (including phenoxy) is 4. The number of hydrogen-bond acceptors (Lipinski definition) is 9. The van der Waals surface area contributed by atoms with E-state index in [1.807, 2.05) is 0 Å². The Morgan fingerprint density at radius 2 is 1.48 bits per heavy atom. The molecule has 1 aliphatic carbocycles. The summed E-state index contributed by atoms with van der Waals surface area (Å²) in [6, 6.07) is -0.796. The number of amides is 1. The summed E-state index contributed by atoms with van der Waals surface area (Å²) in [6.07, 6.45) is -3.62. The van der Waals surface area contributed by atoms with Crippen molar-refractivity contribution in [2.45, 2.75) is 84.3 Å². The first-order valence-electron chi connectivity index (χ1n) is 9.45. The number of alkyl carbamates (subject to hydrolysis) is 1. The summed E-state index contributed by atoms with van der Waals surface area (Å²) in [5.41, 5.74) is -0.752. The standard InChI is InChI=1S/C19H31NO9/c1-10(21)26-9-13-15(24)8-7-14(20-18(25)29-19(4,5)6)17(28-12(3)23)16(13)27-11(2)22/h13-17,24H,7-9H2,1-6H3,(H,20,25)/t13-,14+,15-,16+,17-/m1/s1. The Hall–Kier alpha value is -2.36. The molecule has 0 aromatic carbocycles. The monoisotopic (exact) mass is 417 g/mol. The second-order valence-electron chi connectivity index (χ2n) is 8.01. The van der Waals surface area contributed by atoms with Crippen LogP contribution in [0, 0.1) is 5.92 Å². The number of aliphatic hydroxyl groups excluding tert-OH is 1. The van der Waals surface area contributed by atoms with Gasteiger partial charge in [0.2, 0.25) is 0 Å². The van der Waals surface area contributed by atoms with E-state index in [1.54, 1.807) is 20.8 Å². The highest BCUT2D eigenvalue weighted by molar-refractivity contribution is 5.69. The number of hydrogen-bond donors (Lipinski definition) is 2. The van der Waals surface area contributed by atoms with Crippen molar-refractivity contribution in [1.29, 1.82) is 0 Å². The van der Waals surface area contributed by atoms with Crippen LogP contribution < -0.4 is 5.32 Å². The van der Waals surface area contributed by atoms with E-state index in [0.29, 0.717) is 0 Å². The first-order chi connectivity index (χ1) is 13.3. The van der Waals surface area contributed by atoms with E-state index < -0.39 is 59.9 Å². The van der Waals surface area contributed by atoms with Crippen molar-refractivity contribution < 1.29 is 43.2 Å². The van der Waals surface area contributed by atoms with E-state index in [1.165, 1.54) is 20.8 Å². The first kappa shape index (κ1) is 24.7. The fraction of sp³-hybridized carbons (Fsp3) is 0.789. The number of nitrogens with one attached hydrogen (secondary N) is 1. The highest BCUT2D eigenvalue weighted by atomic mass is 16.6. The van der Waals surface area contributed by atoms with Gasteiger partial charge in [-0.2, -0.15) is 0 Å². The first-order valence-corrected chi connectivity index (χ1v) is 9.45. The van der Waals surface area contributed by atoms with E-state index in [4.69, 9.17) is 18.9 Å². The van der Waals surface area contributed by atoms with Gasteiger partial charge in [-0.05, 0) is 33.6 Å². The number of esters is 3. The second-order valence-corrected chi connectivity index (χ2v) is 8.01. The molecule has 0 aliphatic heterocycles. The van der Waals surface area contributed by atoms with E-state index in [-0.39, 0.29) is 19.4 Å². The maximum absolute atomic E-state index is 12.3. The molecule has 0 heterocycles. The highest BCUT2D eigenvalue weighted by Crippen LogP contribution is 2.30. The molecule has 10 heteroatoms. The van der Waals surface area contributed by atoms with Gasteiger partial charge in [0.25, 0.3) is 0 Å². The molecule has 0 spiro atoms. The molecule has 5 atom stereocenters. The van der Waals surface area contributed by atoms with Crippen LogP contribution in [-0.2, 0) is 33.3 Å². The molecule has 1 fully saturated rings. The Morgan fingerprint density at radius 3 is 1.97 bits per heavy atom. The van der Waals surface area contributed by atoms with Crippen LogP contribution in [0.3, 0.4) is 0 Å². The molecular weight excluding hydrogens is 386 g/mol. The van der Waals surface area contributed by atoms with Crippen LogP contribution in [0.1, 0.15) is 54.4 Å². The number of carbonyl (C=O) groups excluding carboxylic acids is 4. The maximum Gasteiger partial charge on any atom is 0.408 e. The van der Waals surface area contributed by atoms with Crippen LogP contribution in [0.4, 0.5) is 4.79 Å². The predicted molar refractivity (Wildman–Crippen MR) is 99.6 cm³/mol. The zero-order chi connectivity index (χ0) is 22.4. The zero-order valence-electron chi connectivity index (χ0n) is 17.7. The minimum atomic E-state index is -1.15. The summed E-state index contributed by atoms with van der Waals surface area (Å²) in [7, 11) is 0. The predicted octanol–water partition coefficient (Wildman–Crippen LogP) is 1.08. The lowest BCUT2D eigenvalue weighted by Gasteiger charge is -2.35. The lowest BCUT2D eigenvalue weighted by molar-refractivity contribution is -0.178. The third-order valence-corrected chi connectivity index (χ3v) is 4.20. The molecular formula is C19H31NO9. The average molecular weight is 417 g/mol. The van der Waals surface area contributed by atoms with E-state index in [0.717, 1.165) is 0 Å². The lowest BCUT2D eigenvalue weighted by atomic mass is 9.93. The molecule has 2 N–H and O–H groups in total. The van der Waals surface area contributed by atoms with Gasteiger partial charge in [0.15, 0.2) is 6.10 Å². The third-order valence-electron chi connectivity index (χ3n) is 4.20. The largest absolute Gasteiger partial charge is 0.465 e. The summed E-state index contributed by atoms with van der Waals surface area (Å²) >= 11 is 0. The van der Waals surface area contributed by atoms with Gasteiger partial charge in [-0.3, -0.25) is 14.4 Å². The zero-order valence-corrected chi connectivity index (χ0v) is 17.7. The molecule has 166 valence electrons. The molecule has 0 unspecified atom stereocenters. The fourth-order valence-electron chi connectivity index (χ4n) is 3.14. The third kappa shape index (κ3) is 8.68. The Balaban J connectivity index is 3.21. The van der Waals surface area contributed by atoms with Crippen LogP contribution in [0.25, 0.3) is 0 Å². The van der Waals surface area contributed by atoms with Crippen LogP contribution in [0.5, 0.6) is 0 Å². The number of aliphatic hydroxyl groups is 1. The molecule has 0 aromatic rings. The summed E-state index contributed by atoms with van der Waals surface area (Å²) in [5.74, 6) is -2.76. The van der Waals surface area contributed by atoms with Gasteiger partial charge in [0, 0.05) is 20.8 Å². The molecule has 10 nitrogen and oxygen atoms in total. The van der Waals surface area contributed by atoms with Gasteiger partial charge < -0.3 is 29.4 Å². The molecule has 0 radical (unpaired) electrons. The van der Waals surface area contributed by atoms with Crippen molar-refractivity contribution in [1.82, 2.24) is 5.32 Å². The quantitative estimate of drug-likeness (QED) is 0.382. The minimum absolute atomic E-state index is 0.182. The molecule has 1 aliphatic rings. The summed E-state index contributed by atoms with van der Waals surface area (Å²) in [5, 5.41) is 13.2. The Morgan fingerprint density at radius 1 is 0.931 bits per heavy atom. The summed E-state index contributed by atoms with van der Waals surface area (Å²) in [4.78, 5) is 46.9. The molecule has 1 amide bonds. The van der Waals surface area contributed by atoms with Crippen molar-refractivity contribution in [3.63, 3.8) is 0 Å². The Bertz CT molecular complexity index is 613. The van der Waals surface area contributed by atoms with Gasteiger partial charge in [-0.25, -0.2) is 4.79 Å². The normalized spacial score (nSPS) is 27.2. The van der Waals surface area contributed by atoms with Gasteiger partial charge in [0.1, 0.15) is 18.3 Å². The molecule has 1 saturated carbocycles. The molecule has 29 heavy (non-hydrogen) atoms. The smallest absolute Gasteiger partial charge is 0.408 e. The fourth-order valence-corrected chi connectivity index (χ4v) is 3.14. The molecule has 0 bridgehead atoms. The maximum atomic E-state index is 12.3. The van der Waals surface area contributed by atoms with Crippen molar-refractivity contribution >= 4 is 24.0 Å². The minimum Gasteiger partial charge on any atom is -0.465 e. The van der Waals surface area contributed by atoms with Gasteiger partial charge in [-0.15, -0.1) is 0 Å². The van der Waals surface area contributed by atoms with Crippen molar-refractivity contribution in [2.75, 3.05) is 6.61 Å². The summed E-state index contributed by atoms with van der Waals surface area (Å²) < 4.78 is 21.0. The van der Waals surface area contributed by atoms with Crippen LogP contribution in [-0.4, -0.2) is 65.7 Å². The van der Waals surface area contributed by atoms with Crippen LogP contribution in [0.15, 0.2) is 0 Å².